The zero-order valence-electron chi connectivity index (χ0n) is 26.3. The molecule has 4 aliphatic rings. The molecule has 3 aromatic rings. The van der Waals surface area contributed by atoms with Crippen LogP contribution in [0.15, 0.2) is 60.0 Å². The Morgan fingerprint density at radius 3 is 2.87 bits per heavy atom. The fourth-order valence-corrected chi connectivity index (χ4v) is 8.91. The number of carbonyl (C=O) groups is 1. The van der Waals surface area contributed by atoms with E-state index < -0.39 is 5.97 Å². The van der Waals surface area contributed by atoms with Gasteiger partial charge in [0, 0.05) is 54.7 Å². The first-order valence-electron chi connectivity index (χ1n) is 16.6. The summed E-state index contributed by atoms with van der Waals surface area (Å²) in [6.45, 7) is 5.01. The quantitative estimate of drug-likeness (QED) is 0.191. The lowest BCUT2D eigenvalue weighted by atomic mass is 9.67. The number of aryl methyl sites for hydroxylation is 1. The molecular weight excluding hydrogens is 622 g/mol. The Kier molecular flexibility index (Phi) is 9.46. The van der Waals surface area contributed by atoms with Crippen molar-refractivity contribution in [3.63, 3.8) is 0 Å². The van der Waals surface area contributed by atoms with Crippen molar-refractivity contribution in [2.45, 2.75) is 80.8 Å². The van der Waals surface area contributed by atoms with E-state index in [0.717, 1.165) is 85.4 Å². The van der Waals surface area contributed by atoms with Crippen molar-refractivity contribution in [2.24, 2.45) is 11.8 Å². The molecule has 0 radical (unpaired) electrons. The minimum Gasteiger partial charge on any atom is -0.490 e. The van der Waals surface area contributed by atoms with E-state index in [1.165, 1.54) is 11.1 Å². The number of rotatable bonds is 9. The summed E-state index contributed by atoms with van der Waals surface area (Å²) >= 11 is 8.05. The molecule has 7 rings (SSSR count). The van der Waals surface area contributed by atoms with Gasteiger partial charge >= 0.3 is 5.97 Å². The molecule has 2 unspecified atom stereocenters. The van der Waals surface area contributed by atoms with Crippen LogP contribution in [-0.4, -0.2) is 71.4 Å². The van der Waals surface area contributed by atoms with E-state index in [-0.39, 0.29) is 29.3 Å². The molecule has 2 aromatic carbocycles. The molecule has 1 saturated heterocycles. The van der Waals surface area contributed by atoms with Gasteiger partial charge in [0.1, 0.15) is 5.75 Å². The molecule has 0 bridgehead atoms. The van der Waals surface area contributed by atoms with Gasteiger partial charge in [0.15, 0.2) is 5.16 Å². The number of halogens is 1. The number of fused-ring (bicyclic) bond motifs is 3. The summed E-state index contributed by atoms with van der Waals surface area (Å²) in [4.78, 5) is 23.1. The Labute approximate surface area is 280 Å². The minimum atomic E-state index is -0.925. The standard InChI is InChI=1S/C36H42ClN3O5S/c1-23(20-46-35-38-13-3-14-39-35)45-28-11-15-43-33(18-28)29-8-5-26(29)19-40-21-36(12-2-4-24-16-27(37)7-9-30(24)36)22-44-32-10-6-25(34(41)42)17-31(32)40/h3,6-7,9-10,13-14,16-17,23,26,28-29,33H,2,4-5,8,11-12,15,18-22H2,1H3,(H,41,42)/t23?,26-,28-,29+,33+,36?/m0/s1. The first kappa shape index (κ1) is 31.7. The Balaban J connectivity index is 1.07. The zero-order chi connectivity index (χ0) is 31.7. The molecule has 2 fully saturated rings. The number of hydrogen-bond donors (Lipinski definition) is 1. The number of hydrogen-bond acceptors (Lipinski definition) is 8. The first-order valence-corrected chi connectivity index (χ1v) is 17.9. The summed E-state index contributed by atoms with van der Waals surface area (Å²) in [7, 11) is 0. The number of carboxylic acids is 1. The lowest BCUT2D eigenvalue weighted by Gasteiger charge is -2.48. The monoisotopic (exact) mass is 663 g/mol. The summed E-state index contributed by atoms with van der Waals surface area (Å²) in [6.07, 6.45) is 11.1. The van der Waals surface area contributed by atoms with E-state index in [4.69, 9.17) is 25.8 Å². The van der Waals surface area contributed by atoms with E-state index in [1.54, 1.807) is 36.3 Å². The van der Waals surface area contributed by atoms with Crippen LogP contribution in [0.5, 0.6) is 5.75 Å². The smallest absolute Gasteiger partial charge is 0.335 e. The van der Waals surface area contributed by atoms with Crippen LogP contribution in [0.3, 0.4) is 0 Å². The van der Waals surface area contributed by atoms with Crippen LogP contribution in [0, 0.1) is 11.8 Å². The van der Waals surface area contributed by atoms with E-state index in [2.05, 4.69) is 33.9 Å². The molecular formula is C36H42ClN3O5S. The topological polar surface area (TPSA) is 94.0 Å². The molecule has 2 aliphatic heterocycles. The van der Waals surface area contributed by atoms with Gasteiger partial charge in [-0.25, -0.2) is 14.8 Å². The van der Waals surface area contributed by atoms with E-state index in [9.17, 15) is 9.90 Å². The largest absolute Gasteiger partial charge is 0.490 e. The molecule has 2 aliphatic carbocycles. The summed E-state index contributed by atoms with van der Waals surface area (Å²) in [5.41, 5.74) is 3.57. The summed E-state index contributed by atoms with van der Waals surface area (Å²) in [6, 6.07) is 13.4. The highest BCUT2D eigenvalue weighted by Crippen LogP contribution is 2.47. The molecule has 10 heteroatoms. The van der Waals surface area contributed by atoms with Gasteiger partial charge in [-0.05, 0) is 105 Å². The second kappa shape index (κ2) is 13.7. The number of anilines is 1. The van der Waals surface area contributed by atoms with Gasteiger partial charge < -0.3 is 24.2 Å². The minimum absolute atomic E-state index is 0.0937. The van der Waals surface area contributed by atoms with Crippen LogP contribution in [0.1, 0.15) is 66.9 Å². The molecule has 1 spiro atoms. The Morgan fingerprint density at radius 2 is 2.07 bits per heavy atom. The van der Waals surface area contributed by atoms with Gasteiger partial charge in [-0.1, -0.05) is 29.4 Å². The van der Waals surface area contributed by atoms with Crippen LogP contribution in [0.4, 0.5) is 5.69 Å². The maximum absolute atomic E-state index is 12.0. The van der Waals surface area contributed by atoms with Crippen LogP contribution >= 0.6 is 23.4 Å². The predicted molar refractivity (Wildman–Crippen MR) is 179 cm³/mol. The van der Waals surface area contributed by atoms with Crippen LogP contribution in [-0.2, 0) is 21.3 Å². The van der Waals surface area contributed by atoms with Crippen molar-refractivity contribution < 1.29 is 24.1 Å². The zero-order valence-corrected chi connectivity index (χ0v) is 27.8. The Morgan fingerprint density at radius 1 is 1.20 bits per heavy atom. The van der Waals surface area contributed by atoms with E-state index in [0.29, 0.717) is 25.0 Å². The molecule has 244 valence electrons. The van der Waals surface area contributed by atoms with Gasteiger partial charge in [0.25, 0.3) is 0 Å². The van der Waals surface area contributed by atoms with Crippen molar-refractivity contribution in [3.8, 4) is 5.75 Å². The summed E-state index contributed by atoms with van der Waals surface area (Å²) in [5, 5.41) is 11.4. The van der Waals surface area contributed by atoms with Crippen molar-refractivity contribution in [3.05, 3.63) is 76.6 Å². The number of carboxylic acid groups (broad SMARTS) is 1. The number of aromatic nitrogens is 2. The maximum Gasteiger partial charge on any atom is 0.335 e. The maximum atomic E-state index is 12.0. The average Bonchev–Trinajstić information content (AvgIpc) is 3.19. The Bertz CT molecular complexity index is 1550. The fraction of sp³-hybridized carbons (Fsp3) is 0.528. The third-order valence-corrected chi connectivity index (χ3v) is 11.7. The second-order valence-corrected chi connectivity index (χ2v) is 14.9. The lowest BCUT2D eigenvalue weighted by molar-refractivity contribution is -0.126. The van der Waals surface area contributed by atoms with E-state index >= 15 is 0 Å². The molecule has 46 heavy (non-hydrogen) atoms. The molecule has 1 aromatic heterocycles. The van der Waals surface area contributed by atoms with Crippen molar-refractivity contribution in [1.82, 2.24) is 9.97 Å². The average molecular weight is 664 g/mol. The predicted octanol–water partition coefficient (Wildman–Crippen LogP) is 7.07. The van der Waals surface area contributed by atoms with Crippen molar-refractivity contribution in [2.75, 3.05) is 37.0 Å². The van der Waals surface area contributed by atoms with Gasteiger partial charge in [-0.3, -0.25) is 0 Å². The molecule has 6 atom stereocenters. The number of thioether (sulfide) groups is 1. The molecule has 3 heterocycles. The van der Waals surface area contributed by atoms with Crippen LogP contribution < -0.4 is 9.64 Å². The second-order valence-electron chi connectivity index (χ2n) is 13.4. The van der Waals surface area contributed by atoms with Gasteiger partial charge in [-0.15, -0.1) is 0 Å². The number of benzene rings is 2. The Hall–Kier alpha value is -2.85. The molecule has 8 nitrogen and oxygen atoms in total. The molecule has 1 saturated carbocycles. The van der Waals surface area contributed by atoms with Gasteiger partial charge in [-0.2, -0.15) is 0 Å². The van der Waals surface area contributed by atoms with Crippen molar-refractivity contribution in [1.29, 1.82) is 0 Å². The normalized spacial score (nSPS) is 27.9. The third-order valence-electron chi connectivity index (χ3n) is 10.4. The molecule has 0 amide bonds. The first-order chi connectivity index (χ1) is 22.4. The van der Waals surface area contributed by atoms with Crippen LogP contribution in [0.2, 0.25) is 5.02 Å². The third kappa shape index (κ3) is 6.75. The van der Waals surface area contributed by atoms with Gasteiger partial charge in [0.2, 0.25) is 0 Å². The SMILES string of the molecule is CC(CSc1ncccn1)O[C@H]1CCO[C@@H]([C@@H]2CC[C@H]2CN2CC3(CCCc4cc(Cl)ccc43)COc3ccc(C(=O)O)cc32)C1. The highest BCUT2D eigenvalue weighted by Gasteiger charge is 2.45. The number of nitrogens with zero attached hydrogens (tertiary/aromatic N) is 3. The van der Waals surface area contributed by atoms with Gasteiger partial charge in [0.05, 0.1) is 36.2 Å². The van der Waals surface area contributed by atoms with Crippen molar-refractivity contribution >= 4 is 35.0 Å². The fourth-order valence-electron chi connectivity index (χ4n) is 7.98. The highest BCUT2D eigenvalue weighted by molar-refractivity contribution is 7.99. The summed E-state index contributed by atoms with van der Waals surface area (Å²) in [5.74, 6) is 1.53. The van der Waals surface area contributed by atoms with E-state index in [1.807, 2.05) is 18.2 Å². The number of ether oxygens (including phenoxy) is 3. The highest BCUT2D eigenvalue weighted by atomic mass is 35.5. The summed E-state index contributed by atoms with van der Waals surface area (Å²) < 4.78 is 19.5. The number of aromatic carboxylic acids is 1. The van der Waals surface area contributed by atoms with Crippen LogP contribution in [0.25, 0.3) is 0 Å². The lowest BCUT2D eigenvalue weighted by Crippen LogP contribution is -2.51. The molecule has 1 N–H and O–H groups in total.